The van der Waals surface area contributed by atoms with E-state index in [1.807, 2.05) is 4.90 Å². The van der Waals surface area contributed by atoms with Crippen molar-refractivity contribution in [3.8, 4) is 5.69 Å². The molecule has 13 heteroatoms. The zero-order valence-electron chi connectivity index (χ0n) is 18.0. The fourth-order valence-corrected chi connectivity index (χ4v) is 4.77. The molecule has 1 aromatic carbocycles. The van der Waals surface area contributed by atoms with Crippen LogP contribution in [0.15, 0.2) is 47.8 Å². The monoisotopic (exact) mass is 509 g/mol. The second-order valence-corrected chi connectivity index (χ2v) is 8.93. The molecule has 0 radical (unpaired) electrons. The summed E-state index contributed by atoms with van der Waals surface area (Å²) in [6, 6.07) is 5.09. The number of nitrogens with two attached hydrogens (primary N) is 1. The smallest absolute Gasteiger partial charge is 0.253 e. The first-order chi connectivity index (χ1) is 17.0. The normalized spacial score (nSPS) is 15.8. The van der Waals surface area contributed by atoms with Gasteiger partial charge >= 0.3 is 0 Å². The molecule has 35 heavy (non-hydrogen) atoms. The number of anilines is 2. The maximum Gasteiger partial charge on any atom is 0.253 e. The van der Waals surface area contributed by atoms with Gasteiger partial charge in [0, 0.05) is 25.3 Å². The molecule has 11 nitrogen and oxygen atoms in total. The highest BCUT2D eigenvalue weighted by Gasteiger charge is 2.29. The Hall–Kier alpha value is -3.96. The largest absolute Gasteiger partial charge is 0.380 e. The van der Waals surface area contributed by atoms with Gasteiger partial charge in [-0.1, -0.05) is 28.4 Å². The van der Waals surface area contributed by atoms with Crippen LogP contribution in [0.1, 0.15) is 16.8 Å². The number of hydrogen-bond acceptors (Lipinski definition) is 9. The van der Waals surface area contributed by atoms with E-state index in [2.05, 4.69) is 30.4 Å². The summed E-state index contributed by atoms with van der Waals surface area (Å²) < 4.78 is 7.15. The van der Waals surface area contributed by atoms with Crippen molar-refractivity contribution < 1.29 is 9.32 Å². The molecule has 1 atom stereocenters. The van der Waals surface area contributed by atoms with Crippen molar-refractivity contribution in [3.63, 3.8) is 0 Å². The van der Waals surface area contributed by atoms with Crippen molar-refractivity contribution in [1.29, 1.82) is 0 Å². The van der Waals surface area contributed by atoms with Gasteiger partial charge in [-0.25, -0.2) is 19.9 Å². The van der Waals surface area contributed by atoms with E-state index in [-0.39, 0.29) is 17.8 Å². The van der Waals surface area contributed by atoms with Gasteiger partial charge < -0.3 is 20.5 Å². The van der Waals surface area contributed by atoms with Gasteiger partial charge in [-0.15, -0.1) is 0 Å². The van der Waals surface area contributed by atoms with Crippen LogP contribution >= 0.6 is 23.2 Å². The highest BCUT2D eigenvalue weighted by atomic mass is 35.5. The third kappa shape index (κ3) is 3.69. The van der Waals surface area contributed by atoms with Crippen LogP contribution in [-0.4, -0.2) is 54.7 Å². The molecule has 0 spiro atoms. The SMILES string of the molecule is Nc1noc2c(N3CC[C@@H](NC(=O)c4ccc(-n5cnc6cncnc65)cc4Cl)C3)ncc(Cl)c12. The van der Waals surface area contributed by atoms with Crippen LogP contribution in [0.25, 0.3) is 27.8 Å². The summed E-state index contributed by atoms with van der Waals surface area (Å²) in [6.07, 6.45) is 6.97. The van der Waals surface area contributed by atoms with Gasteiger partial charge in [-0.05, 0) is 24.6 Å². The lowest BCUT2D eigenvalue weighted by Crippen LogP contribution is -2.37. The molecule has 0 aliphatic carbocycles. The molecule has 0 unspecified atom stereocenters. The summed E-state index contributed by atoms with van der Waals surface area (Å²) in [6.45, 7) is 1.20. The number of imidazole rings is 1. The second kappa shape index (κ2) is 8.36. The van der Waals surface area contributed by atoms with Gasteiger partial charge in [0.15, 0.2) is 17.3 Å². The molecule has 3 N–H and O–H groups in total. The molecule has 4 aromatic heterocycles. The van der Waals surface area contributed by atoms with E-state index in [1.165, 1.54) is 12.5 Å². The topological polar surface area (TPSA) is 141 Å². The lowest BCUT2D eigenvalue weighted by molar-refractivity contribution is 0.0940. The Morgan fingerprint density at radius 1 is 1.17 bits per heavy atom. The highest BCUT2D eigenvalue weighted by molar-refractivity contribution is 6.36. The van der Waals surface area contributed by atoms with Gasteiger partial charge in [-0.2, -0.15) is 0 Å². The summed E-state index contributed by atoms with van der Waals surface area (Å²) in [5.74, 6) is 0.542. The number of carbonyl (C=O) groups excluding carboxylic acids is 1. The fraction of sp³-hybridized carbons (Fsp3) is 0.182. The maximum absolute atomic E-state index is 13.0. The van der Waals surface area contributed by atoms with Crippen molar-refractivity contribution in [1.82, 2.24) is 35.0 Å². The number of rotatable bonds is 4. The minimum absolute atomic E-state index is 0.111. The lowest BCUT2D eigenvalue weighted by atomic mass is 10.1. The number of nitrogen functional groups attached to an aromatic ring is 1. The Kier molecular flexibility index (Phi) is 5.15. The molecule has 1 saturated heterocycles. The summed E-state index contributed by atoms with van der Waals surface area (Å²) >= 11 is 12.7. The second-order valence-electron chi connectivity index (χ2n) is 8.12. The zero-order chi connectivity index (χ0) is 24.1. The van der Waals surface area contributed by atoms with Crippen LogP contribution in [0, 0.1) is 0 Å². The van der Waals surface area contributed by atoms with Gasteiger partial charge in [0.05, 0.1) is 32.9 Å². The Morgan fingerprint density at radius 3 is 2.91 bits per heavy atom. The zero-order valence-corrected chi connectivity index (χ0v) is 19.5. The van der Waals surface area contributed by atoms with Gasteiger partial charge in [-0.3, -0.25) is 9.36 Å². The average Bonchev–Trinajstić information content (AvgIpc) is 3.58. The molecule has 0 saturated carbocycles. The van der Waals surface area contributed by atoms with Crippen LogP contribution < -0.4 is 16.0 Å². The molecular weight excluding hydrogens is 493 g/mol. The van der Waals surface area contributed by atoms with Crippen LogP contribution in [0.2, 0.25) is 10.0 Å². The minimum Gasteiger partial charge on any atom is -0.380 e. The van der Waals surface area contributed by atoms with Gasteiger partial charge in [0.1, 0.15) is 18.2 Å². The fourth-order valence-electron chi connectivity index (χ4n) is 4.28. The molecule has 1 aliphatic rings. The molecule has 0 bridgehead atoms. The van der Waals surface area contributed by atoms with Gasteiger partial charge in [0.2, 0.25) is 5.58 Å². The Labute approximate surface area is 207 Å². The van der Waals surface area contributed by atoms with E-state index in [4.69, 9.17) is 33.5 Å². The Bertz CT molecular complexity index is 1600. The third-order valence-electron chi connectivity index (χ3n) is 5.97. The first-order valence-electron chi connectivity index (χ1n) is 10.7. The van der Waals surface area contributed by atoms with Crippen molar-refractivity contribution in [2.75, 3.05) is 23.7 Å². The Morgan fingerprint density at radius 2 is 2.06 bits per heavy atom. The molecular formula is C22H17Cl2N9O2. The van der Waals surface area contributed by atoms with E-state index < -0.39 is 0 Å². The van der Waals surface area contributed by atoms with Crippen LogP contribution in [0.3, 0.4) is 0 Å². The molecule has 1 amide bonds. The van der Waals surface area contributed by atoms with Crippen molar-refractivity contribution in [2.45, 2.75) is 12.5 Å². The van der Waals surface area contributed by atoms with Gasteiger partial charge in [0.25, 0.3) is 5.91 Å². The summed E-state index contributed by atoms with van der Waals surface area (Å²) in [4.78, 5) is 31.9. The maximum atomic E-state index is 13.0. The standard InChI is InChI=1S/C22H17Cl2N9O2/c23-14-5-12(33-10-29-16-7-26-9-28-20(16)33)1-2-13(14)22(34)30-11-3-4-32(8-11)21-18-17(15(24)6-27-21)19(25)31-35-18/h1-2,5-7,9-11H,3-4,8H2,(H2,25,31)(H,30,34)/t11-/m1/s1. The number of hydrogen-bond donors (Lipinski definition) is 2. The minimum atomic E-state index is -0.260. The molecule has 176 valence electrons. The van der Waals surface area contributed by atoms with E-state index >= 15 is 0 Å². The summed E-state index contributed by atoms with van der Waals surface area (Å²) in [7, 11) is 0. The number of amides is 1. The molecule has 5 aromatic rings. The average molecular weight is 510 g/mol. The van der Waals surface area contributed by atoms with Crippen LogP contribution in [-0.2, 0) is 0 Å². The number of pyridine rings is 1. The number of carbonyl (C=O) groups is 1. The lowest BCUT2D eigenvalue weighted by Gasteiger charge is -2.18. The summed E-state index contributed by atoms with van der Waals surface area (Å²) in [5, 5.41) is 8.09. The van der Waals surface area contributed by atoms with Crippen LogP contribution in [0.4, 0.5) is 11.6 Å². The van der Waals surface area contributed by atoms with E-state index in [1.54, 1.807) is 35.3 Å². The van der Waals surface area contributed by atoms with Crippen LogP contribution in [0.5, 0.6) is 0 Å². The number of fused-ring (bicyclic) bond motifs is 2. The first-order valence-corrected chi connectivity index (χ1v) is 11.4. The molecule has 5 heterocycles. The van der Waals surface area contributed by atoms with Crippen molar-refractivity contribution in [2.24, 2.45) is 0 Å². The number of nitrogens with zero attached hydrogens (tertiary/aromatic N) is 7. The number of aromatic nitrogens is 6. The quantitative estimate of drug-likeness (QED) is 0.373. The van der Waals surface area contributed by atoms with Crippen molar-refractivity contribution >= 4 is 62.9 Å². The predicted octanol–water partition coefficient (Wildman–Crippen LogP) is 3.25. The molecule has 6 rings (SSSR count). The highest BCUT2D eigenvalue weighted by Crippen LogP contribution is 2.35. The summed E-state index contributed by atoms with van der Waals surface area (Å²) in [5.41, 5.74) is 8.73. The van der Waals surface area contributed by atoms with E-state index in [0.717, 1.165) is 12.1 Å². The Balaban J connectivity index is 1.19. The third-order valence-corrected chi connectivity index (χ3v) is 6.57. The van der Waals surface area contributed by atoms with E-state index in [9.17, 15) is 4.79 Å². The number of halogens is 2. The number of benzene rings is 1. The van der Waals surface area contributed by atoms with E-state index in [0.29, 0.717) is 56.6 Å². The molecule has 1 aliphatic heterocycles. The molecule has 1 fully saturated rings. The van der Waals surface area contributed by atoms with Crippen molar-refractivity contribution in [3.05, 3.63) is 58.9 Å². The number of nitrogens with one attached hydrogen (secondary N) is 1. The predicted molar refractivity (Wildman–Crippen MR) is 131 cm³/mol. The first kappa shape index (κ1) is 21.6.